The highest BCUT2D eigenvalue weighted by Crippen LogP contribution is 2.31. The molecule has 0 heterocycles. The first kappa shape index (κ1) is 10.7. The van der Waals surface area contributed by atoms with E-state index in [-0.39, 0.29) is 5.41 Å². The second kappa shape index (κ2) is 3.64. The van der Waals surface area contributed by atoms with Crippen molar-refractivity contribution in [1.29, 1.82) is 0 Å². The Balaban J connectivity index is 2.80. The Kier molecular flexibility index (Phi) is 2.59. The summed E-state index contributed by atoms with van der Waals surface area (Å²) in [6.45, 7) is 6.76. The van der Waals surface area contributed by atoms with Crippen molar-refractivity contribution in [3.8, 4) is 0 Å². The average molecular weight is 263 g/mol. The maximum atomic E-state index is 3.53. The summed E-state index contributed by atoms with van der Waals surface area (Å²) in [6.07, 6.45) is 0. The molecule has 0 aliphatic rings. The van der Waals surface area contributed by atoms with Gasteiger partial charge in [0.2, 0.25) is 0 Å². The highest BCUT2D eigenvalue weighted by atomic mass is 79.9. The molecule has 0 aliphatic carbocycles. The Morgan fingerprint density at radius 2 is 1.73 bits per heavy atom. The minimum Gasteiger partial charge on any atom is -0.0613 e. The lowest BCUT2D eigenvalue weighted by Gasteiger charge is -2.21. The molecule has 78 valence electrons. The molecule has 0 aliphatic heterocycles. The van der Waals surface area contributed by atoms with Gasteiger partial charge in [-0.2, -0.15) is 0 Å². The molecule has 0 saturated carbocycles. The van der Waals surface area contributed by atoms with Crippen molar-refractivity contribution in [1.82, 2.24) is 0 Å². The van der Waals surface area contributed by atoms with Gasteiger partial charge < -0.3 is 0 Å². The molecular formula is C14H15Br. The number of halogens is 1. The molecule has 0 bridgehead atoms. The third kappa shape index (κ3) is 2.07. The van der Waals surface area contributed by atoms with Crippen LogP contribution in [0.1, 0.15) is 26.3 Å². The van der Waals surface area contributed by atoms with Crippen LogP contribution in [0.5, 0.6) is 0 Å². The van der Waals surface area contributed by atoms with Gasteiger partial charge in [0.05, 0.1) is 0 Å². The van der Waals surface area contributed by atoms with Crippen LogP contribution in [0, 0.1) is 0 Å². The van der Waals surface area contributed by atoms with Gasteiger partial charge in [-0.05, 0) is 33.9 Å². The van der Waals surface area contributed by atoms with E-state index in [0.29, 0.717) is 0 Å². The molecule has 0 spiro atoms. The Morgan fingerprint density at radius 3 is 2.40 bits per heavy atom. The number of rotatable bonds is 0. The number of hydrogen-bond donors (Lipinski definition) is 0. The maximum absolute atomic E-state index is 3.53. The molecule has 0 atom stereocenters. The van der Waals surface area contributed by atoms with Crippen molar-refractivity contribution in [2.24, 2.45) is 0 Å². The van der Waals surface area contributed by atoms with Crippen LogP contribution >= 0.6 is 15.9 Å². The first-order valence-electron chi connectivity index (χ1n) is 5.17. The topological polar surface area (TPSA) is 0 Å². The van der Waals surface area contributed by atoms with Gasteiger partial charge in [-0.15, -0.1) is 0 Å². The standard InChI is InChI=1S/C14H15Br/c1-14(2,3)13-6-4-5-10-7-8-11(15)9-12(10)13/h4-9H,1-3H3. The van der Waals surface area contributed by atoms with E-state index in [1.54, 1.807) is 0 Å². The zero-order chi connectivity index (χ0) is 11.1. The first-order chi connectivity index (χ1) is 6.98. The molecule has 2 rings (SSSR count). The van der Waals surface area contributed by atoms with Crippen LogP contribution in [0.3, 0.4) is 0 Å². The van der Waals surface area contributed by atoms with E-state index < -0.39 is 0 Å². The molecule has 1 heteroatoms. The molecule has 2 aromatic carbocycles. The van der Waals surface area contributed by atoms with Crippen LogP contribution in [-0.2, 0) is 5.41 Å². The normalized spacial score (nSPS) is 12.0. The quantitative estimate of drug-likeness (QED) is 0.634. The highest BCUT2D eigenvalue weighted by molar-refractivity contribution is 9.10. The molecule has 0 nitrogen and oxygen atoms in total. The van der Waals surface area contributed by atoms with Gasteiger partial charge in [0.1, 0.15) is 0 Å². The first-order valence-corrected chi connectivity index (χ1v) is 5.96. The van der Waals surface area contributed by atoms with E-state index in [1.165, 1.54) is 16.3 Å². The summed E-state index contributed by atoms with van der Waals surface area (Å²) < 4.78 is 1.15. The van der Waals surface area contributed by atoms with Crippen molar-refractivity contribution >= 4 is 26.7 Å². The van der Waals surface area contributed by atoms with Crippen LogP contribution in [0.25, 0.3) is 10.8 Å². The van der Waals surface area contributed by atoms with Gasteiger partial charge in [-0.1, -0.05) is 61.0 Å². The van der Waals surface area contributed by atoms with Gasteiger partial charge in [-0.25, -0.2) is 0 Å². The van der Waals surface area contributed by atoms with Crippen molar-refractivity contribution in [3.63, 3.8) is 0 Å². The average Bonchev–Trinajstić information content (AvgIpc) is 2.15. The Morgan fingerprint density at radius 1 is 1.00 bits per heavy atom. The summed E-state index contributed by atoms with van der Waals surface area (Å²) in [6, 6.07) is 13.0. The van der Waals surface area contributed by atoms with Crippen molar-refractivity contribution in [2.45, 2.75) is 26.2 Å². The van der Waals surface area contributed by atoms with E-state index in [1.807, 2.05) is 0 Å². The molecule has 0 aromatic heterocycles. The number of hydrogen-bond acceptors (Lipinski definition) is 0. The third-order valence-electron chi connectivity index (χ3n) is 2.65. The van der Waals surface area contributed by atoms with Crippen LogP contribution in [0.15, 0.2) is 40.9 Å². The molecule has 0 unspecified atom stereocenters. The van der Waals surface area contributed by atoms with E-state index in [2.05, 4.69) is 73.1 Å². The van der Waals surface area contributed by atoms with Crippen molar-refractivity contribution < 1.29 is 0 Å². The summed E-state index contributed by atoms with van der Waals surface area (Å²) in [4.78, 5) is 0. The second-order valence-corrected chi connectivity index (χ2v) is 5.84. The summed E-state index contributed by atoms with van der Waals surface area (Å²) >= 11 is 3.53. The van der Waals surface area contributed by atoms with Crippen LogP contribution in [0.4, 0.5) is 0 Å². The fraction of sp³-hybridized carbons (Fsp3) is 0.286. The number of fused-ring (bicyclic) bond motifs is 1. The molecule has 15 heavy (non-hydrogen) atoms. The zero-order valence-corrected chi connectivity index (χ0v) is 10.9. The third-order valence-corrected chi connectivity index (χ3v) is 3.15. The molecule has 0 amide bonds. The lowest BCUT2D eigenvalue weighted by atomic mass is 9.84. The molecule has 0 saturated heterocycles. The van der Waals surface area contributed by atoms with Gasteiger partial charge in [-0.3, -0.25) is 0 Å². The Bertz CT molecular complexity index is 492. The molecule has 0 radical (unpaired) electrons. The van der Waals surface area contributed by atoms with E-state index in [0.717, 1.165) is 4.47 Å². The van der Waals surface area contributed by atoms with Crippen LogP contribution < -0.4 is 0 Å². The lowest BCUT2D eigenvalue weighted by Crippen LogP contribution is -2.11. The Labute approximate surface area is 99.4 Å². The summed E-state index contributed by atoms with van der Waals surface area (Å²) in [7, 11) is 0. The van der Waals surface area contributed by atoms with Crippen molar-refractivity contribution in [3.05, 3.63) is 46.4 Å². The summed E-state index contributed by atoms with van der Waals surface area (Å²) in [5, 5.41) is 2.66. The van der Waals surface area contributed by atoms with Gasteiger partial charge in [0, 0.05) is 4.47 Å². The minimum absolute atomic E-state index is 0.195. The second-order valence-electron chi connectivity index (χ2n) is 4.92. The number of benzene rings is 2. The predicted molar refractivity (Wildman–Crippen MR) is 70.3 cm³/mol. The Hall–Kier alpha value is -0.820. The maximum Gasteiger partial charge on any atom is 0.0181 e. The monoisotopic (exact) mass is 262 g/mol. The van der Waals surface area contributed by atoms with Crippen molar-refractivity contribution in [2.75, 3.05) is 0 Å². The molecular weight excluding hydrogens is 248 g/mol. The van der Waals surface area contributed by atoms with Crippen LogP contribution in [0.2, 0.25) is 0 Å². The van der Waals surface area contributed by atoms with Gasteiger partial charge in [0.25, 0.3) is 0 Å². The molecule has 0 N–H and O–H groups in total. The SMILES string of the molecule is CC(C)(C)c1cccc2ccc(Br)cc12. The minimum atomic E-state index is 0.195. The van der Waals surface area contributed by atoms with E-state index in [9.17, 15) is 0 Å². The fourth-order valence-corrected chi connectivity index (χ4v) is 2.26. The summed E-state index contributed by atoms with van der Waals surface area (Å²) in [5.74, 6) is 0. The zero-order valence-electron chi connectivity index (χ0n) is 9.34. The molecule has 0 fully saturated rings. The lowest BCUT2D eigenvalue weighted by molar-refractivity contribution is 0.596. The van der Waals surface area contributed by atoms with Gasteiger partial charge >= 0.3 is 0 Å². The highest BCUT2D eigenvalue weighted by Gasteiger charge is 2.16. The molecule has 2 aromatic rings. The summed E-state index contributed by atoms with van der Waals surface area (Å²) in [5.41, 5.74) is 1.60. The van der Waals surface area contributed by atoms with Gasteiger partial charge in [0.15, 0.2) is 0 Å². The largest absolute Gasteiger partial charge is 0.0613 e. The van der Waals surface area contributed by atoms with Crippen LogP contribution in [-0.4, -0.2) is 0 Å². The van der Waals surface area contributed by atoms with E-state index >= 15 is 0 Å². The fourth-order valence-electron chi connectivity index (χ4n) is 1.90. The smallest absolute Gasteiger partial charge is 0.0181 e. The predicted octanol–water partition coefficient (Wildman–Crippen LogP) is 4.90. The van der Waals surface area contributed by atoms with E-state index in [4.69, 9.17) is 0 Å².